The van der Waals surface area contributed by atoms with E-state index in [2.05, 4.69) is 15.1 Å². The highest BCUT2D eigenvalue weighted by molar-refractivity contribution is 14.0. The standard InChI is InChI=1S/C20H30N4O3.HI/c1-23(17-19-6-3-14-27-19)20(22-9-7-18-5-2-13-26-18)21-8-4-10-24-11-15-25-16-12-24;/h2-3,5-6,13-14H,4,7-12,15-17H2,1H3,(H,21,22);1H. The zero-order chi connectivity index (χ0) is 18.7. The van der Waals surface area contributed by atoms with Gasteiger partial charge in [0.1, 0.15) is 11.5 Å². The Balaban J connectivity index is 0.00000280. The lowest BCUT2D eigenvalue weighted by atomic mass is 10.3. The first-order chi connectivity index (χ1) is 13.3. The van der Waals surface area contributed by atoms with E-state index in [1.54, 1.807) is 12.5 Å². The molecule has 1 saturated heterocycles. The molecule has 1 aliphatic rings. The van der Waals surface area contributed by atoms with E-state index < -0.39 is 0 Å². The van der Waals surface area contributed by atoms with Crippen molar-refractivity contribution < 1.29 is 13.6 Å². The highest BCUT2D eigenvalue weighted by atomic mass is 127. The van der Waals surface area contributed by atoms with Crippen molar-refractivity contribution in [1.82, 2.24) is 15.1 Å². The number of rotatable bonds is 9. The molecular formula is C20H31IN4O3. The van der Waals surface area contributed by atoms with Crippen LogP contribution in [-0.4, -0.2) is 68.7 Å². The van der Waals surface area contributed by atoms with E-state index in [9.17, 15) is 0 Å². The lowest BCUT2D eigenvalue weighted by molar-refractivity contribution is 0.0377. The molecule has 1 aliphatic heterocycles. The first-order valence-electron chi connectivity index (χ1n) is 9.65. The molecule has 3 heterocycles. The van der Waals surface area contributed by atoms with E-state index in [-0.39, 0.29) is 24.0 Å². The number of nitrogens with zero attached hydrogens (tertiary/aromatic N) is 3. The Morgan fingerprint density at radius 2 is 1.86 bits per heavy atom. The number of nitrogens with one attached hydrogen (secondary N) is 1. The van der Waals surface area contributed by atoms with Crippen LogP contribution in [0.5, 0.6) is 0 Å². The normalized spacial score (nSPS) is 15.2. The minimum Gasteiger partial charge on any atom is -0.469 e. The van der Waals surface area contributed by atoms with Crippen molar-refractivity contribution >= 4 is 29.9 Å². The van der Waals surface area contributed by atoms with E-state index in [4.69, 9.17) is 18.6 Å². The summed E-state index contributed by atoms with van der Waals surface area (Å²) in [5, 5.41) is 3.45. The third kappa shape index (κ3) is 7.84. The predicted octanol–water partition coefficient (Wildman–Crippen LogP) is 2.83. The SMILES string of the molecule is CN(Cc1ccco1)C(=NCCCN1CCOCC1)NCCc1ccco1.I. The van der Waals surface area contributed by atoms with Gasteiger partial charge in [-0.3, -0.25) is 9.89 Å². The van der Waals surface area contributed by atoms with Gasteiger partial charge in [0, 0.05) is 46.2 Å². The Labute approximate surface area is 184 Å². The van der Waals surface area contributed by atoms with Crippen LogP contribution in [0.3, 0.4) is 0 Å². The second kappa shape index (κ2) is 12.8. The van der Waals surface area contributed by atoms with E-state index in [0.29, 0.717) is 6.54 Å². The monoisotopic (exact) mass is 502 g/mol. The second-order valence-corrected chi connectivity index (χ2v) is 6.70. The van der Waals surface area contributed by atoms with Crippen LogP contribution in [0.1, 0.15) is 17.9 Å². The first kappa shape index (κ1) is 22.8. The molecule has 7 nitrogen and oxygen atoms in total. The minimum atomic E-state index is 0. The van der Waals surface area contributed by atoms with Crippen LogP contribution in [0.2, 0.25) is 0 Å². The molecule has 3 rings (SSSR count). The van der Waals surface area contributed by atoms with Gasteiger partial charge in [-0.15, -0.1) is 24.0 Å². The Morgan fingerprint density at radius 3 is 2.54 bits per heavy atom. The third-order valence-electron chi connectivity index (χ3n) is 4.57. The summed E-state index contributed by atoms with van der Waals surface area (Å²) < 4.78 is 16.3. The van der Waals surface area contributed by atoms with Gasteiger partial charge in [-0.25, -0.2) is 0 Å². The fraction of sp³-hybridized carbons (Fsp3) is 0.550. The Bertz CT molecular complexity index is 655. The van der Waals surface area contributed by atoms with Gasteiger partial charge in [0.05, 0.1) is 32.3 Å². The fourth-order valence-corrected chi connectivity index (χ4v) is 3.08. The van der Waals surface area contributed by atoms with E-state index >= 15 is 0 Å². The lowest BCUT2D eigenvalue weighted by Gasteiger charge is -2.26. The van der Waals surface area contributed by atoms with Crippen LogP contribution >= 0.6 is 24.0 Å². The summed E-state index contributed by atoms with van der Waals surface area (Å²) in [5.74, 6) is 2.79. The number of halogens is 1. The Hall–Kier alpha value is -1.52. The zero-order valence-electron chi connectivity index (χ0n) is 16.5. The molecule has 8 heteroatoms. The van der Waals surface area contributed by atoms with Crippen LogP contribution in [0.25, 0.3) is 0 Å². The molecule has 2 aromatic heterocycles. The molecule has 156 valence electrons. The van der Waals surface area contributed by atoms with E-state index in [1.807, 2.05) is 31.3 Å². The maximum Gasteiger partial charge on any atom is 0.194 e. The number of hydrogen-bond acceptors (Lipinski definition) is 5. The van der Waals surface area contributed by atoms with Crippen LogP contribution in [0, 0.1) is 0 Å². The number of hydrogen-bond donors (Lipinski definition) is 1. The smallest absolute Gasteiger partial charge is 0.194 e. The van der Waals surface area contributed by atoms with E-state index in [1.165, 1.54) is 0 Å². The average molecular weight is 502 g/mol. The van der Waals surface area contributed by atoms with Gasteiger partial charge in [-0.2, -0.15) is 0 Å². The molecule has 0 saturated carbocycles. The number of morpholine rings is 1. The third-order valence-corrected chi connectivity index (χ3v) is 4.57. The largest absolute Gasteiger partial charge is 0.469 e. The van der Waals surface area contributed by atoms with Crippen LogP contribution in [0.4, 0.5) is 0 Å². The number of furan rings is 2. The molecule has 1 fully saturated rings. The Kier molecular flexibility index (Phi) is 10.4. The number of ether oxygens (including phenoxy) is 1. The molecule has 0 unspecified atom stereocenters. The van der Waals surface area contributed by atoms with Crippen molar-refractivity contribution in [2.24, 2.45) is 4.99 Å². The lowest BCUT2D eigenvalue weighted by Crippen LogP contribution is -2.40. The summed E-state index contributed by atoms with van der Waals surface area (Å²) >= 11 is 0. The van der Waals surface area contributed by atoms with Crippen LogP contribution in [-0.2, 0) is 17.7 Å². The molecule has 28 heavy (non-hydrogen) atoms. The molecule has 2 aromatic rings. The van der Waals surface area contributed by atoms with Crippen LogP contribution < -0.4 is 5.32 Å². The number of guanidine groups is 1. The van der Waals surface area contributed by atoms with Gasteiger partial charge in [0.2, 0.25) is 0 Å². The topological polar surface area (TPSA) is 66.4 Å². The van der Waals surface area contributed by atoms with Crippen molar-refractivity contribution in [3.05, 3.63) is 48.3 Å². The first-order valence-corrected chi connectivity index (χ1v) is 9.65. The van der Waals surface area contributed by atoms with Gasteiger partial charge in [-0.1, -0.05) is 0 Å². The Morgan fingerprint density at radius 1 is 1.14 bits per heavy atom. The van der Waals surface area contributed by atoms with Crippen molar-refractivity contribution in [2.75, 3.05) is 53.0 Å². The fourth-order valence-electron chi connectivity index (χ4n) is 3.08. The van der Waals surface area contributed by atoms with Crippen molar-refractivity contribution in [3.8, 4) is 0 Å². The quantitative estimate of drug-likeness (QED) is 0.246. The maximum atomic E-state index is 5.46. The van der Waals surface area contributed by atoms with Gasteiger partial charge in [0.15, 0.2) is 5.96 Å². The molecule has 0 aromatic carbocycles. The van der Waals surface area contributed by atoms with Crippen molar-refractivity contribution in [2.45, 2.75) is 19.4 Å². The summed E-state index contributed by atoms with van der Waals surface area (Å²) in [6.45, 7) is 7.05. The average Bonchev–Trinajstić information content (AvgIpc) is 3.38. The van der Waals surface area contributed by atoms with Crippen molar-refractivity contribution in [3.63, 3.8) is 0 Å². The molecule has 1 N–H and O–H groups in total. The summed E-state index contributed by atoms with van der Waals surface area (Å²) in [5.41, 5.74) is 0. The van der Waals surface area contributed by atoms with Crippen molar-refractivity contribution in [1.29, 1.82) is 0 Å². The second-order valence-electron chi connectivity index (χ2n) is 6.70. The predicted molar refractivity (Wildman–Crippen MR) is 120 cm³/mol. The van der Waals surface area contributed by atoms with E-state index in [0.717, 1.165) is 76.3 Å². The van der Waals surface area contributed by atoms with Crippen LogP contribution in [0.15, 0.2) is 50.6 Å². The molecule has 0 aliphatic carbocycles. The maximum absolute atomic E-state index is 5.46. The highest BCUT2D eigenvalue weighted by Gasteiger charge is 2.11. The van der Waals surface area contributed by atoms with Gasteiger partial charge in [-0.05, 0) is 30.7 Å². The summed E-state index contributed by atoms with van der Waals surface area (Å²) in [4.78, 5) is 9.34. The molecule has 0 spiro atoms. The molecule has 0 radical (unpaired) electrons. The summed E-state index contributed by atoms with van der Waals surface area (Å²) in [7, 11) is 2.03. The molecular weight excluding hydrogens is 471 g/mol. The zero-order valence-corrected chi connectivity index (χ0v) is 18.8. The molecule has 0 atom stereocenters. The van der Waals surface area contributed by atoms with Gasteiger partial charge in [0.25, 0.3) is 0 Å². The summed E-state index contributed by atoms with van der Waals surface area (Å²) in [6.07, 6.45) is 5.28. The highest BCUT2D eigenvalue weighted by Crippen LogP contribution is 2.05. The van der Waals surface area contributed by atoms with Gasteiger partial charge < -0.3 is 23.8 Å². The van der Waals surface area contributed by atoms with Gasteiger partial charge >= 0.3 is 0 Å². The molecule has 0 amide bonds. The summed E-state index contributed by atoms with van der Waals surface area (Å²) in [6, 6.07) is 7.80. The number of aliphatic imine (C=N–C) groups is 1. The minimum absolute atomic E-state index is 0. The molecule has 0 bridgehead atoms.